The molecule has 3 aromatic rings. The summed E-state index contributed by atoms with van der Waals surface area (Å²) in [4.78, 5) is 31.5. The maximum atomic E-state index is 13.7. The van der Waals surface area contributed by atoms with Crippen LogP contribution in [0.2, 0.25) is 0 Å². The van der Waals surface area contributed by atoms with Gasteiger partial charge in [0.25, 0.3) is 5.91 Å². The second kappa shape index (κ2) is 11.5. The van der Waals surface area contributed by atoms with Gasteiger partial charge in [-0.1, -0.05) is 29.8 Å². The number of thiophene rings is 1. The molecule has 0 spiro atoms. The van der Waals surface area contributed by atoms with E-state index in [1.54, 1.807) is 18.4 Å². The molecule has 0 N–H and O–H groups in total. The number of methoxy groups -OCH3 is 1. The van der Waals surface area contributed by atoms with Gasteiger partial charge in [0.05, 0.1) is 11.6 Å². The fourth-order valence-electron chi connectivity index (χ4n) is 4.58. The molecule has 4 rings (SSSR count). The van der Waals surface area contributed by atoms with E-state index in [-0.39, 0.29) is 30.6 Å². The molecule has 1 unspecified atom stereocenters. The molecule has 0 aliphatic carbocycles. The van der Waals surface area contributed by atoms with Crippen LogP contribution in [0.3, 0.4) is 0 Å². The molecule has 196 valence electrons. The van der Waals surface area contributed by atoms with Crippen molar-refractivity contribution in [3.8, 4) is 0 Å². The van der Waals surface area contributed by atoms with Gasteiger partial charge in [-0.15, -0.1) is 11.3 Å². The molecule has 2 amide bonds. The Kier molecular flexibility index (Phi) is 8.34. The third-order valence-electron chi connectivity index (χ3n) is 6.53. The summed E-state index contributed by atoms with van der Waals surface area (Å²) in [5.74, 6) is -0.696. The van der Waals surface area contributed by atoms with Crippen LogP contribution in [0.25, 0.3) is 0 Å². The van der Waals surface area contributed by atoms with E-state index < -0.39 is 17.6 Å². The Hall–Kier alpha value is -3.17. The molecule has 2 heterocycles. The van der Waals surface area contributed by atoms with Crippen LogP contribution in [0.5, 0.6) is 0 Å². The van der Waals surface area contributed by atoms with Gasteiger partial charge >= 0.3 is 6.18 Å². The fraction of sp³-hybridized carbons (Fsp3) is 0.357. The van der Waals surface area contributed by atoms with Gasteiger partial charge in [-0.25, -0.2) is 0 Å². The molecule has 1 aliphatic rings. The number of fused-ring (bicyclic) bond motifs is 1. The van der Waals surface area contributed by atoms with Crippen LogP contribution < -0.4 is 0 Å². The summed E-state index contributed by atoms with van der Waals surface area (Å²) < 4.78 is 44.1. The number of aryl methyl sites for hydroxylation is 1. The monoisotopic (exact) mass is 530 g/mol. The topological polar surface area (TPSA) is 49.9 Å². The highest BCUT2D eigenvalue weighted by Gasteiger charge is 2.34. The number of carbonyl (C=O) groups is 2. The highest BCUT2D eigenvalue weighted by atomic mass is 32.1. The van der Waals surface area contributed by atoms with E-state index in [9.17, 15) is 22.8 Å². The van der Waals surface area contributed by atoms with E-state index >= 15 is 0 Å². The molecule has 1 aliphatic heterocycles. The van der Waals surface area contributed by atoms with Crippen molar-refractivity contribution in [3.63, 3.8) is 0 Å². The zero-order valence-electron chi connectivity index (χ0n) is 20.8. The number of alkyl halides is 3. The van der Waals surface area contributed by atoms with Gasteiger partial charge in [-0.2, -0.15) is 13.2 Å². The minimum Gasteiger partial charge on any atom is -0.385 e. The summed E-state index contributed by atoms with van der Waals surface area (Å²) >= 11 is 1.68. The van der Waals surface area contributed by atoms with Gasteiger partial charge < -0.3 is 14.5 Å². The average Bonchev–Trinajstić information content (AvgIpc) is 3.36. The molecular formula is C28H29F3N2O3S. The van der Waals surface area contributed by atoms with Crippen molar-refractivity contribution in [2.75, 3.05) is 33.4 Å². The number of amides is 2. The molecule has 0 bridgehead atoms. The molecule has 37 heavy (non-hydrogen) atoms. The number of benzene rings is 2. The Balaban J connectivity index is 1.58. The first-order valence-electron chi connectivity index (χ1n) is 12.1. The number of hydrogen-bond donors (Lipinski definition) is 0. The predicted molar refractivity (Wildman–Crippen MR) is 137 cm³/mol. The SMILES string of the molecule is COCCCN(CC(=O)N1CCc2sccc2C1c1ccc(C)cc1)C(=O)c1ccc(C(F)(F)F)cc1. The first-order chi connectivity index (χ1) is 17.7. The van der Waals surface area contributed by atoms with E-state index in [1.807, 2.05) is 47.5 Å². The minimum absolute atomic E-state index is 0.104. The summed E-state index contributed by atoms with van der Waals surface area (Å²) in [6.07, 6.45) is -3.26. The molecule has 0 radical (unpaired) electrons. The molecule has 9 heteroatoms. The van der Waals surface area contributed by atoms with Crippen molar-refractivity contribution in [3.05, 3.63) is 92.7 Å². The van der Waals surface area contributed by atoms with Crippen LogP contribution in [0.4, 0.5) is 13.2 Å². The second-order valence-corrected chi connectivity index (χ2v) is 10.1. The normalized spacial score (nSPS) is 15.4. The van der Waals surface area contributed by atoms with Crippen molar-refractivity contribution in [1.29, 1.82) is 0 Å². The van der Waals surface area contributed by atoms with Crippen molar-refractivity contribution in [1.82, 2.24) is 9.80 Å². The third kappa shape index (κ3) is 6.22. The van der Waals surface area contributed by atoms with Gasteiger partial charge in [-0.3, -0.25) is 9.59 Å². The zero-order chi connectivity index (χ0) is 26.6. The zero-order valence-corrected chi connectivity index (χ0v) is 21.6. The van der Waals surface area contributed by atoms with Crippen LogP contribution in [0, 0.1) is 6.92 Å². The Labute approximate surface area is 218 Å². The lowest BCUT2D eigenvalue weighted by atomic mass is 9.92. The summed E-state index contributed by atoms with van der Waals surface area (Å²) in [5, 5.41) is 2.03. The number of ether oxygens (including phenoxy) is 1. The molecule has 0 fully saturated rings. The van der Waals surface area contributed by atoms with Crippen LogP contribution >= 0.6 is 11.3 Å². The lowest BCUT2D eigenvalue weighted by Crippen LogP contribution is -2.47. The standard InChI is InChI=1S/C28H29F3N2O3S/c1-19-4-6-20(7-5-19)26-23-13-17-37-24(23)12-15-33(26)25(34)18-32(14-3-16-36-2)27(35)21-8-10-22(11-9-21)28(29,30)31/h4-11,13,17,26H,3,12,14-16,18H2,1-2H3. The van der Waals surface area contributed by atoms with E-state index in [2.05, 4.69) is 0 Å². The summed E-state index contributed by atoms with van der Waals surface area (Å²) in [6.45, 7) is 2.98. The number of carbonyl (C=O) groups excluding carboxylic acids is 2. The highest BCUT2D eigenvalue weighted by Crippen LogP contribution is 2.38. The minimum atomic E-state index is -4.49. The van der Waals surface area contributed by atoms with Crippen LogP contribution in [0.15, 0.2) is 60.0 Å². The van der Waals surface area contributed by atoms with Gasteiger partial charge in [0.2, 0.25) is 5.91 Å². The molecule has 1 aromatic heterocycles. The van der Waals surface area contributed by atoms with Crippen LogP contribution in [-0.2, 0) is 22.1 Å². The van der Waals surface area contributed by atoms with Crippen molar-refractivity contribution < 1.29 is 27.5 Å². The number of rotatable bonds is 8. The third-order valence-corrected chi connectivity index (χ3v) is 7.52. The largest absolute Gasteiger partial charge is 0.416 e. The summed E-state index contributed by atoms with van der Waals surface area (Å²) in [7, 11) is 1.55. The second-order valence-electron chi connectivity index (χ2n) is 9.10. The van der Waals surface area contributed by atoms with E-state index in [0.717, 1.165) is 47.4 Å². The van der Waals surface area contributed by atoms with Crippen molar-refractivity contribution in [2.24, 2.45) is 0 Å². The van der Waals surface area contributed by atoms with Crippen LogP contribution in [-0.4, -0.2) is 55.0 Å². The smallest absolute Gasteiger partial charge is 0.385 e. The van der Waals surface area contributed by atoms with Gasteiger partial charge in [0.15, 0.2) is 0 Å². The van der Waals surface area contributed by atoms with Gasteiger partial charge in [0, 0.05) is 37.2 Å². The quantitative estimate of drug-likeness (QED) is 0.350. The average molecular weight is 531 g/mol. The number of halogens is 3. The van der Waals surface area contributed by atoms with Gasteiger partial charge in [-0.05, 0) is 66.6 Å². The van der Waals surface area contributed by atoms with E-state index in [0.29, 0.717) is 19.6 Å². The Morgan fingerprint density at radius 2 is 1.78 bits per heavy atom. The Bertz CT molecular complexity index is 1220. The Morgan fingerprint density at radius 3 is 2.43 bits per heavy atom. The molecule has 0 saturated heterocycles. The molecular weight excluding hydrogens is 501 g/mol. The first-order valence-corrected chi connectivity index (χ1v) is 12.9. The predicted octanol–water partition coefficient (Wildman–Crippen LogP) is 5.73. The lowest BCUT2D eigenvalue weighted by molar-refractivity contribution is -0.137. The maximum Gasteiger partial charge on any atom is 0.416 e. The van der Waals surface area contributed by atoms with Crippen molar-refractivity contribution in [2.45, 2.75) is 32.0 Å². The van der Waals surface area contributed by atoms with E-state index in [1.165, 1.54) is 9.78 Å². The number of hydrogen-bond acceptors (Lipinski definition) is 4. The molecule has 2 aromatic carbocycles. The van der Waals surface area contributed by atoms with Crippen LogP contribution in [0.1, 0.15) is 50.0 Å². The first kappa shape index (κ1) is 26.9. The molecule has 0 saturated carbocycles. The highest BCUT2D eigenvalue weighted by molar-refractivity contribution is 7.10. The van der Waals surface area contributed by atoms with E-state index in [4.69, 9.17) is 4.74 Å². The summed E-state index contributed by atoms with van der Waals surface area (Å²) in [6, 6.07) is 14.0. The maximum absolute atomic E-state index is 13.7. The molecule has 5 nitrogen and oxygen atoms in total. The lowest BCUT2D eigenvalue weighted by Gasteiger charge is -2.37. The fourth-order valence-corrected chi connectivity index (χ4v) is 5.49. The Morgan fingerprint density at radius 1 is 1.08 bits per heavy atom. The number of nitrogens with zero attached hydrogens (tertiary/aromatic N) is 2. The molecule has 1 atom stereocenters. The summed E-state index contributed by atoms with van der Waals surface area (Å²) in [5.41, 5.74) is 2.49. The van der Waals surface area contributed by atoms with Crippen molar-refractivity contribution >= 4 is 23.2 Å². The van der Waals surface area contributed by atoms with Gasteiger partial charge in [0.1, 0.15) is 6.54 Å².